The maximum absolute atomic E-state index is 11.0. The summed E-state index contributed by atoms with van der Waals surface area (Å²) in [6.45, 7) is 4.81. The zero-order valence-electron chi connectivity index (χ0n) is 7.22. The number of esters is 1. The summed E-state index contributed by atoms with van der Waals surface area (Å²) >= 11 is 0. The number of rotatable bonds is 4. The molecule has 0 aromatic heterocycles. The van der Waals surface area contributed by atoms with Gasteiger partial charge in [0, 0.05) is 13.3 Å². The van der Waals surface area contributed by atoms with Crippen LogP contribution in [0.4, 0.5) is 0 Å². The highest BCUT2D eigenvalue weighted by Gasteiger charge is 2.13. The van der Waals surface area contributed by atoms with Crippen molar-refractivity contribution in [3.8, 4) is 0 Å². The standard InChI is InChI=1S/C8H14O3/c1-4-5-8(10)6(2)11-7(3)9/h6H,4-5H2,1-3H3. The highest BCUT2D eigenvalue weighted by Crippen LogP contribution is 1.99. The molecular formula is C8H14O3. The number of Topliss-reactive ketones (excluding diaryl/α,β-unsaturated/α-hetero) is 1. The first-order valence-electron chi connectivity index (χ1n) is 3.77. The minimum absolute atomic E-state index is 0.0114. The van der Waals surface area contributed by atoms with E-state index in [1.165, 1.54) is 6.92 Å². The molecule has 0 spiro atoms. The molecule has 1 unspecified atom stereocenters. The van der Waals surface area contributed by atoms with Crippen molar-refractivity contribution in [3.63, 3.8) is 0 Å². The molecule has 0 saturated heterocycles. The molecule has 0 aromatic carbocycles. The summed E-state index contributed by atoms with van der Waals surface area (Å²) in [5.41, 5.74) is 0. The highest BCUT2D eigenvalue weighted by molar-refractivity contribution is 5.84. The van der Waals surface area contributed by atoms with Crippen LogP contribution >= 0.6 is 0 Å². The van der Waals surface area contributed by atoms with E-state index in [4.69, 9.17) is 0 Å². The van der Waals surface area contributed by atoms with E-state index in [2.05, 4.69) is 4.74 Å². The van der Waals surface area contributed by atoms with Crippen LogP contribution in [0.15, 0.2) is 0 Å². The molecule has 0 rings (SSSR count). The summed E-state index contributed by atoms with van der Waals surface area (Å²) < 4.78 is 4.68. The van der Waals surface area contributed by atoms with Crippen LogP contribution in [-0.2, 0) is 14.3 Å². The molecule has 0 heterocycles. The second kappa shape index (κ2) is 4.88. The molecule has 0 aromatic rings. The van der Waals surface area contributed by atoms with Crippen molar-refractivity contribution in [1.82, 2.24) is 0 Å². The van der Waals surface area contributed by atoms with Gasteiger partial charge >= 0.3 is 5.97 Å². The number of hydrogen-bond acceptors (Lipinski definition) is 3. The molecule has 0 aliphatic heterocycles. The van der Waals surface area contributed by atoms with Gasteiger partial charge in [0.1, 0.15) is 0 Å². The highest BCUT2D eigenvalue weighted by atomic mass is 16.5. The lowest BCUT2D eigenvalue weighted by Gasteiger charge is -2.08. The summed E-state index contributed by atoms with van der Waals surface area (Å²) in [7, 11) is 0. The topological polar surface area (TPSA) is 43.4 Å². The molecule has 64 valence electrons. The van der Waals surface area contributed by atoms with Crippen molar-refractivity contribution in [1.29, 1.82) is 0 Å². The third-order valence-electron chi connectivity index (χ3n) is 1.29. The Morgan fingerprint density at radius 2 is 2.00 bits per heavy atom. The molecule has 0 N–H and O–H groups in total. The van der Waals surface area contributed by atoms with Crippen LogP contribution in [0, 0.1) is 0 Å². The Hall–Kier alpha value is -0.860. The molecule has 0 amide bonds. The first kappa shape index (κ1) is 10.1. The Morgan fingerprint density at radius 1 is 1.45 bits per heavy atom. The maximum atomic E-state index is 11.0. The quantitative estimate of drug-likeness (QED) is 0.579. The van der Waals surface area contributed by atoms with E-state index in [1.807, 2.05) is 6.92 Å². The molecule has 11 heavy (non-hydrogen) atoms. The van der Waals surface area contributed by atoms with Gasteiger partial charge in [0.15, 0.2) is 11.9 Å². The van der Waals surface area contributed by atoms with E-state index >= 15 is 0 Å². The monoisotopic (exact) mass is 158 g/mol. The van der Waals surface area contributed by atoms with Gasteiger partial charge in [-0.05, 0) is 13.3 Å². The molecule has 0 fully saturated rings. The van der Waals surface area contributed by atoms with Gasteiger partial charge < -0.3 is 4.74 Å². The van der Waals surface area contributed by atoms with Gasteiger partial charge in [-0.1, -0.05) is 6.92 Å². The molecular weight excluding hydrogens is 144 g/mol. The Labute approximate surface area is 66.7 Å². The fourth-order valence-corrected chi connectivity index (χ4v) is 0.764. The fraction of sp³-hybridized carbons (Fsp3) is 0.750. The normalized spacial score (nSPS) is 12.3. The average molecular weight is 158 g/mol. The van der Waals surface area contributed by atoms with E-state index in [0.29, 0.717) is 6.42 Å². The summed E-state index contributed by atoms with van der Waals surface area (Å²) in [4.78, 5) is 21.4. The SMILES string of the molecule is CCCC(=O)C(C)OC(C)=O. The second-order valence-electron chi connectivity index (χ2n) is 2.47. The lowest BCUT2D eigenvalue weighted by Crippen LogP contribution is -2.22. The van der Waals surface area contributed by atoms with Crippen molar-refractivity contribution in [3.05, 3.63) is 0 Å². The lowest BCUT2D eigenvalue weighted by atomic mass is 10.1. The molecule has 0 bridgehead atoms. The van der Waals surface area contributed by atoms with Gasteiger partial charge in [-0.25, -0.2) is 0 Å². The van der Waals surface area contributed by atoms with Gasteiger partial charge in [0.25, 0.3) is 0 Å². The van der Waals surface area contributed by atoms with Crippen LogP contribution in [0.5, 0.6) is 0 Å². The minimum atomic E-state index is -0.576. The molecule has 1 atom stereocenters. The number of carbonyl (C=O) groups excluding carboxylic acids is 2. The summed E-state index contributed by atoms with van der Waals surface area (Å²) in [5, 5.41) is 0. The number of ketones is 1. The van der Waals surface area contributed by atoms with Crippen molar-refractivity contribution < 1.29 is 14.3 Å². The van der Waals surface area contributed by atoms with E-state index in [9.17, 15) is 9.59 Å². The Morgan fingerprint density at radius 3 is 2.36 bits per heavy atom. The van der Waals surface area contributed by atoms with Crippen LogP contribution in [0.25, 0.3) is 0 Å². The maximum Gasteiger partial charge on any atom is 0.303 e. The Balaban J connectivity index is 3.73. The molecule has 0 aliphatic rings. The largest absolute Gasteiger partial charge is 0.455 e. The van der Waals surface area contributed by atoms with Crippen molar-refractivity contribution >= 4 is 11.8 Å². The van der Waals surface area contributed by atoms with Crippen molar-refractivity contribution in [2.24, 2.45) is 0 Å². The lowest BCUT2D eigenvalue weighted by molar-refractivity contribution is -0.151. The summed E-state index contributed by atoms with van der Waals surface area (Å²) in [6.07, 6.45) is 0.700. The number of carbonyl (C=O) groups is 2. The zero-order chi connectivity index (χ0) is 8.85. The number of hydrogen-bond donors (Lipinski definition) is 0. The molecule has 0 aliphatic carbocycles. The molecule has 0 radical (unpaired) electrons. The summed E-state index contributed by atoms with van der Waals surface area (Å²) in [5.74, 6) is -0.412. The first-order chi connectivity index (χ1) is 5.07. The van der Waals surface area contributed by atoms with Gasteiger partial charge in [-0.2, -0.15) is 0 Å². The Bertz CT molecular complexity index is 151. The van der Waals surface area contributed by atoms with E-state index in [-0.39, 0.29) is 5.78 Å². The van der Waals surface area contributed by atoms with Gasteiger partial charge in [0.05, 0.1) is 0 Å². The summed E-state index contributed by atoms with van der Waals surface area (Å²) in [6, 6.07) is 0. The van der Waals surface area contributed by atoms with E-state index in [0.717, 1.165) is 6.42 Å². The minimum Gasteiger partial charge on any atom is -0.455 e. The first-order valence-corrected chi connectivity index (χ1v) is 3.77. The van der Waals surface area contributed by atoms with E-state index < -0.39 is 12.1 Å². The van der Waals surface area contributed by atoms with Crippen molar-refractivity contribution in [2.75, 3.05) is 0 Å². The van der Waals surface area contributed by atoms with Crippen LogP contribution in [-0.4, -0.2) is 17.9 Å². The van der Waals surface area contributed by atoms with Crippen molar-refractivity contribution in [2.45, 2.75) is 39.7 Å². The smallest absolute Gasteiger partial charge is 0.303 e. The predicted molar refractivity (Wildman–Crippen MR) is 41.1 cm³/mol. The van der Waals surface area contributed by atoms with Crippen LogP contribution < -0.4 is 0 Å². The van der Waals surface area contributed by atoms with Crippen LogP contribution in [0.3, 0.4) is 0 Å². The average Bonchev–Trinajstić information content (AvgIpc) is 1.86. The fourth-order valence-electron chi connectivity index (χ4n) is 0.764. The van der Waals surface area contributed by atoms with E-state index in [1.54, 1.807) is 6.92 Å². The van der Waals surface area contributed by atoms with Gasteiger partial charge in [0.2, 0.25) is 0 Å². The molecule has 3 heteroatoms. The van der Waals surface area contributed by atoms with Gasteiger partial charge in [-0.3, -0.25) is 9.59 Å². The molecule has 0 saturated carbocycles. The third-order valence-corrected chi connectivity index (χ3v) is 1.29. The van der Waals surface area contributed by atoms with Gasteiger partial charge in [-0.15, -0.1) is 0 Å². The molecule has 3 nitrogen and oxygen atoms in total. The third kappa shape index (κ3) is 4.53. The van der Waals surface area contributed by atoms with Crippen LogP contribution in [0.2, 0.25) is 0 Å². The Kier molecular flexibility index (Phi) is 4.50. The number of ether oxygens (including phenoxy) is 1. The predicted octanol–water partition coefficient (Wildman–Crippen LogP) is 1.31. The van der Waals surface area contributed by atoms with Crippen LogP contribution in [0.1, 0.15) is 33.6 Å². The zero-order valence-corrected chi connectivity index (χ0v) is 7.22. The second-order valence-corrected chi connectivity index (χ2v) is 2.47.